The van der Waals surface area contributed by atoms with Crippen LogP contribution >= 0.6 is 0 Å². The molecule has 0 saturated heterocycles. The Morgan fingerprint density at radius 1 is 1.00 bits per heavy atom. The molecular weight excluding hydrogens is 322 g/mol. The highest BCUT2D eigenvalue weighted by Gasteiger charge is 2.20. The molecule has 5 nitrogen and oxygen atoms in total. The number of fused-ring (bicyclic) bond motifs is 1. The Balaban J connectivity index is 2.04. The second kappa shape index (κ2) is 5.63. The van der Waals surface area contributed by atoms with Crippen LogP contribution in [0.5, 0.6) is 0 Å². The van der Waals surface area contributed by atoms with Crippen molar-refractivity contribution in [3.05, 3.63) is 52.8 Å². The minimum absolute atomic E-state index is 0.338. The molecule has 6 heteroatoms. The molecule has 2 aromatic carbocycles. The lowest BCUT2D eigenvalue weighted by molar-refractivity contribution is 0.600. The van der Waals surface area contributed by atoms with Gasteiger partial charge < -0.3 is 4.57 Å². The lowest BCUT2D eigenvalue weighted by Crippen LogP contribution is -2.16. The van der Waals surface area contributed by atoms with E-state index in [-0.39, 0.29) is 0 Å². The van der Waals surface area contributed by atoms with E-state index in [1.807, 2.05) is 57.5 Å². The van der Waals surface area contributed by atoms with Crippen molar-refractivity contribution < 1.29 is 8.42 Å². The van der Waals surface area contributed by atoms with Gasteiger partial charge in [0.05, 0.1) is 21.6 Å². The number of benzene rings is 2. The molecule has 0 aliphatic carbocycles. The fourth-order valence-corrected chi connectivity index (χ4v) is 4.69. The van der Waals surface area contributed by atoms with Crippen LogP contribution in [0.2, 0.25) is 0 Å². The average Bonchev–Trinajstić information content (AvgIpc) is 2.71. The highest BCUT2D eigenvalue weighted by Crippen LogP contribution is 2.26. The van der Waals surface area contributed by atoms with Crippen molar-refractivity contribution in [1.29, 1.82) is 0 Å². The van der Waals surface area contributed by atoms with Gasteiger partial charge in [0.15, 0.2) is 0 Å². The van der Waals surface area contributed by atoms with Crippen LogP contribution in [0.4, 0.5) is 5.69 Å². The fraction of sp³-hybridized carbons (Fsp3) is 0.278. The molecule has 0 aliphatic rings. The Bertz CT molecular complexity index is 1030. The van der Waals surface area contributed by atoms with Crippen molar-refractivity contribution in [3.63, 3.8) is 0 Å². The number of hydrogen-bond acceptors (Lipinski definition) is 3. The van der Waals surface area contributed by atoms with Gasteiger partial charge in [0.1, 0.15) is 5.82 Å². The second-order valence-corrected chi connectivity index (χ2v) is 7.87. The maximum atomic E-state index is 12.8. The molecule has 1 aromatic heterocycles. The van der Waals surface area contributed by atoms with E-state index < -0.39 is 10.0 Å². The van der Waals surface area contributed by atoms with Crippen LogP contribution < -0.4 is 4.72 Å². The van der Waals surface area contributed by atoms with Crippen molar-refractivity contribution in [1.82, 2.24) is 9.55 Å². The first kappa shape index (κ1) is 16.5. The molecule has 3 rings (SSSR count). The van der Waals surface area contributed by atoms with Crippen LogP contribution in [0.15, 0.2) is 35.2 Å². The normalized spacial score (nSPS) is 11.9. The maximum absolute atomic E-state index is 12.8. The highest BCUT2D eigenvalue weighted by molar-refractivity contribution is 7.92. The molecular formula is C18H21N3O2S. The van der Waals surface area contributed by atoms with Crippen LogP contribution in [0, 0.1) is 27.7 Å². The zero-order valence-corrected chi connectivity index (χ0v) is 15.3. The van der Waals surface area contributed by atoms with Crippen LogP contribution in [-0.4, -0.2) is 18.0 Å². The summed E-state index contributed by atoms with van der Waals surface area (Å²) in [6.45, 7) is 7.52. The Kier molecular flexibility index (Phi) is 3.87. The number of hydrogen-bond donors (Lipinski definition) is 1. The summed E-state index contributed by atoms with van der Waals surface area (Å²) < 4.78 is 30.3. The van der Waals surface area contributed by atoms with Crippen molar-refractivity contribution in [3.8, 4) is 0 Å². The molecule has 3 aromatic rings. The molecule has 0 aliphatic heterocycles. The van der Waals surface area contributed by atoms with Crippen molar-refractivity contribution >= 4 is 26.7 Å². The summed E-state index contributed by atoms with van der Waals surface area (Å²) in [5, 5.41) is 0. The van der Waals surface area contributed by atoms with E-state index >= 15 is 0 Å². The average molecular weight is 343 g/mol. The molecule has 0 amide bonds. The fourth-order valence-electron chi connectivity index (χ4n) is 3.18. The molecule has 0 saturated carbocycles. The van der Waals surface area contributed by atoms with E-state index in [2.05, 4.69) is 9.71 Å². The first-order valence-corrected chi connectivity index (χ1v) is 9.21. The zero-order chi connectivity index (χ0) is 17.6. The molecule has 1 heterocycles. The van der Waals surface area contributed by atoms with E-state index in [4.69, 9.17) is 0 Å². The molecule has 1 N–H and O–H groups in total. The van der Waals surface area contributed by atoms with Gasteiger partial charge in [0, 0.05) is 7.05 Å². The maximum Gasteiger partial charge on any atom is 0.262 e. The molecule has 126 valence electrons. The lowest BCUT2D eigenvalue weighted by atomic mass is 10.1. The summed E-state index contributed by atoms with van der Waals surface area (Å²) in [5.74, 6) is 0.884. The summed E-state index contributed by atoms with van der Waals surface area (Å²) in [4.78, 5) is 4.79. The van der Waals surface area contributed by atoms with E-state index in [0.29, 0.717) is 10.6 Å². The second-order valence-electron chi connectivity index (χ2n) is 6.25. The minimum Gasteiger partial charge on any atom is -0.331 e. The smallest absolute Gasteiger partial charge is 0.262 e. The summed E-state index contributed by atoms with van der Waals surface area (Å²) in [5.41, 5.74) is 4.80. The summed E-state index contributed by atoms with van der Waals surface area (Å²) in [7, 11) is -1.71. The highest BCUT2D eigenvalue weighted by atomic mass is 32.2. The number of sulfonamides is 1. The van der Waals surface area contributed by atoms with E-state index in [9.17, 15) is 8.42 Å². The van der Waals surface area contributed by atoms with Gasteiger partial charge in [-0.05, 0) is 57.0 Å². The third-order valence-corrected chi connectivity index (χ3v) is 5.92. The number of anilines is 1. The van der Waals surface area contributed by atoms with Gasteiger partial charge in [0.25, 0.3) is 10.0 Å². The first-order valence-electron chi connectivity index (χ1n) is 7.73. The van der Waals surface area contributed by atoms with Crippen molar-refractivity contribution in [2.24, 2.45) is 7.05 Å². The summed E-state index contributed by atoms with van der Waals surface area (Å²) in [6.07, 6.45) is 0. The number of aromatic nitrogens is 2. The monoisotopic (exact) mass is 343 g/mol. The standard InChI is InChI=1S/C18H21N3O2S/c1-11-8-12(2)18(13(3)9-11)24(22,23)20-15-6-7-17-16(10-15)19-14(4)21(17)5/h6-10,20H,1-5H3. The van der Waals surface area contributed by atoms with Crippen molar-refractivity contribution in [2.45, 2.75) is 32.6 Å². The van der Waals surface area contributed by atoms with Crippen LogP contribution in [-0.2, 0) is 17.1 Å². The molecule has 0 fully saturated rings. The predicted octanol–water partition coefficient (Wildman–Crippen LogP) is 3.61. The Labute approximate surface area is 142 Å². The lowest BCUT2D eigenvalue weighted by Gasteiger charge is -2.14. The van der Waals surface area contributed by atoms with Gasteiger partial charge in [-0.3, -0.25) is 4.72 Å². The van der Waals surface area contributed by atoms with E-state index in [1.165, 1.54) is 0 Å². The first-order chi connectivity index (χ1) is 11.2. The van der Waals surface area contributed by atoms with Gasteiger partial charge in [-0.25, -0.2) is 13.4 Å². The van der Waals surface area contributed by atoms with Gasteiger partial charge in [0.2, 0.25) is 0 Å². The van der Waals surface area contributed by atoms with Crippen molar-refractivity contribution in [2.75, 3.05) is 4.72 Å². The molecule has 0 unspecified atom stereocenters. The van der Waals surface area contributed by atoms with Crippen LogP contribution in [0.1, 0.15) is 22.5 Å². The Morgan fingerprint density at radius 3 is 2.25 bits per heavy atom. The zero-order valence-electron chi connectivity index (χ0n) is 14.5. The topological polar surface area (TPSA) is 64.0 Å². The predicted molar refractivity (Wildman–Crippen MR) is 96.9 cm³/mol. The van der Waals surface area contributed by atoms with E-state index in [1.54, 1.807) is 12.1 Å². The molecule has 0 atom stereocenters. The van der Waals surface area contributed by atoms with Gasteiger partial charge in [-0.15, -0.1) is 0 Å². The Hall–Kier alpha value is -2.34. The quantitative estimate of drug-likeness (QED) is 0.790. The number of imidazole rings is 1. The van der Waals surface area contributed by atoms with Gasteiger partial charge >= 0.3 is 0 Å². The van der Waals surface area contributed by atoms with E-state index in [0.717, 1.165) is 33.5 Å². The number of nitrogens with zero attached hydrogens (tertiary/aromatic N) is 2. The number of nitrogens with one attached hydrogen (secondary N) is 1. The largest absolute Gasteiger partial charge is 0.331 e. The SMILES string of the molecule is Cc1cc(C)c(S(=O)(=O)Nc2ccc3c(c2)nc(C)n3C)c(C)c1. The third kappa shape index (κ3) is 2.78. The van der Waals surface area contributed by atoms with Gasteiger partial charge in [-0.1, -0.05) is 17.7 Å². The summed E-state index contributed by atoms with van der Waals surface area (Å²) >= 11 is 0. The minimum atomic E-state index is -3.65. The molecule has 0 spiro atoms. The molecule has 0 radical (unpaired) electrons. The third-order valence-electron chi connectivity index (χ3n) is 4.23. The molecule has 0 bridgehead atoms. The Morgan fingerprint density at radius 2 is 1.62 bits per heavy atom. The van der Waals surface area contributed by atoms with Crippen LogP contribution in [0.3, 0.4) is 0 Å². The van der Waals surface area contributed by atoms with Gasteiger partial charge in [-0.2, -0.15) is 0 Å². The molecule has 24 heavy (non-hydrogen) atoms. The number of aryl methyl sites for hydroxylation is 5. The number of rotatable bonds is 3. The summed E-state index contributed by atoms with van der Waals surface area (Å²) in [6, 6.07) is 9.17. The van der Waals surface area contributed by atoms with Crippen LogP contribution in [0.25, 0.3) is 11.0 Å².